The van der Waals surface area contributed by atoms with E-state index in [2.05, 4.69) is 9.88 Å². The molecule has 0 aliphatic carbocycles. The van der Waals surface area contributed by atoms with E-state index < -0.39 is 4.92 Å². The number of carbonyl (C=O) groups excluding carboxylic acids is 1. The lowest BCUT2D eigenvalue weighted by Crippen LogP contribution is -2.35. The van der Waals surface area contributed by atoms with Crippen LogP contribution >= 0.6 is 11.3 Å². The van der Waals surface area contributed by atoms with Gasteiger partial charge in [-0.1, -0.05) is 11.3 Å². The van der Waals surface area contributed by atoms with Gasteiger partial charge in [0.2, 0.25) is 0 Å². The van der Waals surface area contributed by atoms with Crippen LogP contribution in [0.2, 0.25) is 0 Å². The predicted octanol–water partition coefficient (Wildman–Crippen LogP) is 2.48. The average molecular weight is 336 g/mol. The van der Waals surface area contributed by atoms with E-state index in [4.69, 9.17) is 4.74 Å². The van der Waals surface area contributed by atoms with E-state index in [1.807, 2.05) is 0 Å². The minimum Gasteiger partial charge on any atom is -0.453 e. The molecule has 1 aliphatic rings. The summed E-state index contributed by atoms with van der Waals surface area (Å²) in [5.41, 5.74) is 0.824. The van der Waals surface area contributed by atoms with Crippen LogP contribution in [0.15, 0.2) is 18.2 Å². The number of hydrogen-bond acceptors (Lipinski definition) is 7. The number of nitro groups is 1. The van der Waals surface area contributed by atoms with Crippen molar-refractivity contribution in [1.29, 1.82) is 0 Å². The molecule has 23 heavy (non-hydrogen) atoms. The van der Waals surface area contributed by atoms with Gasteiger partial charge in [0.05, 0.1) is 22.2 Å². The van der Waals surface area contributed by atoms with Crippen molar-refractivity contribution in [2.75, 3.05) is 38.2 Å². The topological polar surface area (TPSA) is 88.8 Å². The zero-order chi connectivity index (χ0) is 16.4. The Hall–Kier alpha value is -2.42. The SMILES string of the molecule is COC(=O)N1CCCN(c2nc3ccc([N+](=O)[O-])cc3s2)CC1. The van der Waals surface area contributed by atoms with Crippen LogP contribution in [0.25, 0.3) is 10.2 Å². The lowest BCUT2D eigenvalue weighted by Gasteiger charge is -2.20. The number of non-ortho nitro benzene ring substituents is 1. The van der Waals surface area contributed by atoms with Crippen LogP contribution in [0, 0.1) is 10.1 Å². The second kappa shape index (κ2) is 6.37. The van der Waals surface area contributed by atoms with E-state index in [1.165, 1.54) is 24.5 Å². The standard InChI is InChI=1S/C14H16N4O4S/c1-22-14(19)17-6-2-5-16(7-8-17)13-15-11-4-3-10(18(20)21)9-12(11)23-13/h3-4,9H,2,5-8H2,1H3. The lowest BCUT2D eigenvalue weighted by molar-refractivity contribution is -0.384. The molecule has 1 aromatic carbocycles. The van der Waals surface area contributed by atoms with Crippen molar-refractivity contribution in [2.45, 2.75) is 6.42 Å². The van der Waals surface area contributed by atoms with Gasteiger partial charge in [0.25, 0.3) is 5.69 Å². The first-order valence-electron chi connectivity index (χ1n) is 7.21. The Balaban J connectivity index is 1.80. The third-order valence-corrected chi connectivity index (χ3v) is 4.85. The Labute approximate surface area is 136 Å². The molecule has 0 atom stereocenters. The molecule has 1 amide bonds. The number of carbonyl (C=O) groups is 1. The maximum absolute atomic E-state index is 11.6. The normalized spacial score (nSPS) is 15.5. The Morgan fingerprint density at radius 2 is 2.17 bits per heavy atom. The minimum atomic E-state index is -0.404. The zero-order valence-corrected chi connectivity index (χ0v) is 13.4. The third-order valence-electron chi connectivity index (χ3n) is 3.77. The molecule has 1 aliphatic heterocycles. The molecule has 1 saturated heterocycles. The molecule has 1 aromatic heterocycles. The number of amides is 1. The molecule has 0 bridgehead atoms. The molecule has 122 valence electrons. The van der Waals surface area contributed by atoms with Crippen LogP contribution in [0.4, 0.5) is 15.6 Å². The number of aromatic nitrogens is 1. The second-order valence-electron chi connectivity index (χ2n) is 5.20. The van der Waals surface area contributed by atoms with Crippen molar-refractivity contribution in [3.8, 4) is 0 Å². The summed E-state index contributed by atoms with van der Waals surface area (Å²) in [5, 5.41) is 11.7. The monoisotopic (exact) mass is 336 g/mol. The van der Waals surface area contributed by atoms with Crippen molar-refractivity contribution < 1.29 is 14.5 Å². The Morgan fingerprint density at radius 3 is 2.91 bits per heavy atom. The van der Waals surface area contributed by atoms with E-state index in [9.17, 15) is 14.9 Å². The maximum Gasteiger partial charge on any atom is 0.409 e. The molecule has 2 aromatic rings. The molecule has 8 nitrogen and oxygen atoms in total. The predicted molar refractivity (Wildman–Crippen MR) is 87.1 cm³/mol. The van der Waals surface area contributed by atoms with Crippen LogP contribution in [0.5, 0.6) is 0 Å². The van der Waals surface area contributed by atoms with E-state index in [-0.39, 0.29) is 11.8 Å². The average Bonchev–Trinajstić information content (AvgIpc) is 2.82. The van der Waals surface area contributed by atoms with Crippen LogP contribution in [0.3, 0.4) is 0 Å². The largest absolute Gasteiger partial charge is 0.453 e. The van der Waals surface area contributed by atoms with Gasteiger partial charge < -0.3 is 14.5 Å². The Morgan fingerprint density at radius 1 is 1.35 bits per heavy atom. The van der Waals surface area contributed by atoms with Crippen LogP contribution in [-0.4, -0.2) is 54.2 Å². The highest BCUT2D eigenvalue weighted by Gasteiger charge is 2.21. The molecule has 1 fully saturated rings. The van der Waals surface area contributed by atoms with E-state index >= 15 is 0 Å². The van der Waals surface area contributed by atoms with E-state index in [1.54, 1.807) is 17.0 Å². The van der Waals surface area contributed by atoms with Gasteiger partial charge in [0.1, 0.15) is 0 Å². The number of thiazole rings is 1. The molecule has 0 N–H and O–H groups in total. The molecule has 0 saturated carbocycles. The first-order valence-corrected chi connectivity index (χ1v) is 8.03. The summed E-state index contributed by atoms with van der Waals surface area (Å²) < 4.78 is 5.56. The zero-order valence-electron chi connectivity index (χ0n) is 12.6. The van der Waals surface area contributed by atoms with Gasteiger partial charge in [-0.25, -0.2) is 9.78 Å². The Kier molecular flexibility index (Phi) is 4.28. The molecule has 0 spiro atoms. The Bertz CT molecular complexity index is 747. The fourth-order valence-corrected chi connectivity index (χ4v) is 3.62. The van der Waals surface area contributed by atoms with Gasteiger partial charge >= 0.3 is 6.09 Å². The first kappa shape index (κ1) is 15.5. The summed E-state index contributed by atoms with van der Waals surface area (Å²) in [6, 6.07) is 4.69. The number of nitrogens with zero attached hydrogens (tertiary/aromatic N) is 4. The molecular weight excluding hydrogens is 320 g/mol. The third kappa shape index (κ3) is 3.19. The van der Waals surface area contributed by atoms with Crippen molar-refractivity contribution in [3.05, 3.63) is 28.3 Å². The van der Waals surface area contributed by atoms with Gasteiger partial charge in [0.15, 0.2) is 5.13 Å². The molecule has 0 radical (unpaired) electrons. The van der Waals surface area contributed by atoms with Gasteiger partial charge in [0, 0.05) is 38.3 Å². The molecular formula is C14H16N4O4S. The fourth-order valence-electron chi connectivity index (χ4n) is 2.57. The smallest absolute Gasteiger partial charge is 0.409 e. The highest BCUT2D eigenvalue weighted by atomic mass is 32.1. The van der Waals surface area contributed by atoms with Crippen LogP contribution in [0.1, 0.15) is 6.42 Å². The number of methoxy groups -OCH3 is 1. The number of benzene rings is 1. The summed E-state index contributed by atoms with van der Waals surface area (Å²) in [6.07, 6.45) is 0.511. The van der Waals surface area contributed by atoms with E-state index in [0.717, 1.165) is 28.3 Å². The summed E-state index contributed by atoms with van der Waals surface area (Å²) in [4.78, 5) is 30.4. The number of ether oxygens (including phenoxy) is 1. The quantitative estimate of drug-likeness (QED) is 0.618. The van der Waals surface area contributed by atoms with Crippen LogP contribution < -0.4 is 4.90 Å². The van der Waals surface area contributed by atoms with Crippen molar-refractivity contribution in [3.63, 3.8) is 0 Å². The van der Waals surface area contributed by atoms with E-state index in [0.29, 0.717) is 19.6 Å². The summed E-state index contributed by atoms with van der Waals surface area (Å²) in [6.45, 7) is 2.68. The molecule has 3 rings (SSSR count). The number of nitro benzene ring substituents is 1. The van der Waals surface area contributed by atoms with Crippen molar-refractivity contribution in [1.82, 2.24) is 9.88 Å². The molecule has 0 unspecified atom stereocenters. The molecule has 2 heterocycles. The minimum absolute atomic E-state index is 0.0698. The van der Waals surface area contributed by atoms with Gasteiger partial charge in [-0.3, -0.25) is 10.1 Å². The highest BCUT2D eigenvalue weighted by Crippen LogP contribution is 2.31. The van der Waals surface area contributed by atoms with Gasteiger partial charge in [-0.2, -0.15) is 0 Å². The number of fused-ring (bicyclic) bond motifs is 1. The molecule has 9 heteroatoms. The number of rotatable bonds is 2. The van der Waals surface area contributed by atoms with Crippen molar-refractivity contribution in [2.24, 2.45) is 0 Å². The second-order valence-corrected chi connectivity index (χ2v) is 6.21. The van der Waals surface area contributed by atoms with Crippen LogP contribution in [-0.2, 0) is 4.74 Å². The summed E-state index contributed by atoms with van der Waals surface area (Å²) in [7, 11) is 1.38. The van der Waals surface area contributed by atoms with Crippen molar-refractivity contribution >= 4 is 38.5 Å². The first-order chi connectivity index (χ1) is 11.1. The number of hydrogen-bond donors (Lipinski definition) is 0. The van der Waals surface area contributed by atoms with Gasteiger partial charge in [-0.15, -0.1) is 0 Å². The highest BCUT2D eigenvalue weighted by molar-refractivity contribution is 7.22. The summed E-state index contributed by atoms with van der Waals surface area (Å²) >= 11 is 1.44. The fraction of sp³-hybridized carbons (Fsp3) is 0.429. The number of anilines is 1. The lowest BCUT2D eigenvalue weighted by atomic mass is 10.3. The maximum atomic E-state index is 11.6. The summed E-state index contributed by atoms with van der Waals surface area (Å²) in [5.74, 6) is 0. The van der Waals surface area contributed by atoms with Gasteiger partial charge in [-0.05, 0) is 12.5 Å².